The molecule has 0 radical (unpaired) electrons. The van der Waals surface area contributed by atoms with E-state index in [4.69, 9.17) is 15.2 Å². The van der Waals surface area contributed by atoms with Gasteiger partial charge in [-0.25, -0.2) is 4.79 Å². The molecule has 0 bridgehead atoms. The highest BCUT2D eigenvalue weighted by Crippen LogP contribution is 2.39. The fourth-order valence-corrected chi connectivity index (χ4v) is 2.24. The van der Waals surface area contributed by atoms with E-state index in [0.717, 1.165) is 5.56 Å². The van der Waals surface area contributed by atoms with Gasteiger partial charge >= 0.3 is 5.97 Å². The summed E-state index contributed by atoms with van der Waals surface area (Å²) in [6.45, 7) is 3.58. The van der Waals surface area contributed by atoms with Gasteiger partial charge in [-0.05, 0) is 31.5 Å². The second kappa shape index (κ2) is 6.09. The highest BCUT2D eigenvalue weighted by atomic mass is 16.5. The van der Waals surface area contributed by atoms with Gasteiger partial charge in [0.1, 0.15) is 17.4 Å². The minimum Gasteiger partial charge on any atom is -0.463 e. The largest absolute Gasteiger partial charge is 0.463 e. The number of carbonyl (C=O) groups excluding carboxylic acids is 1. The van der Waals surface area contributed by atoms with Crippen LogP contribution < -0.4 is 5.73 Å². The van der Waals surface area contributed by atoms with Gasteiger partial charge in [0, 0.05) is 12.4 Å². The number of nitrogens with two attached hydrogens (primary N) is 1. The molecule has 1 aromatic rings. The van der Waals surface area contributed by atoms with Crippen molar-refractivity contribution in [2.75, 3.05) is 6.61 Å². The lowest BCUT2D eigenvalue weighted by Gasteiger charge is -2.26. The number of ether oxygens (including phenoxy) is 2. The van der Waals surface area contributed by atoms with Crippen molar-refractivity contribution in [3.8, 4) is 6.07 Å². The van der Waals surface area contributed by atoms with E-state index in [1.54, 1.807) is 38.4 Å². The Balaban J connectivity index is 2.58. The van der Waals surface area contributed by atoms with Crippen LogP contribution in [0.25, 0.3) is 0 Å². The third-order valence-electron chi connectivity index (χ3n) is 3.14. The molecular weight excluding hydrogens is 270 g/mol. The molecule has 2 heterocycles. The molecule has 0 fully saturated rings. The molecule has 0 saturated carbocycles. The van der Waals surface area contributed by atoms with E-state index in [1.807, 2.05) is 6.07 Å². The maximum atomic E-state index is 12.2. The van der Waals surface area contributed by atoms with Crippen LogP contribution in [0.1, 0.15) is 25.3 Å². The number of hydrogen-bond acceptors (Lipinski definition) is 6. The smallest absolute Gasteiger partial charge is 0.338 e. The van der Waals surface area contributed by atoms with E-state index in [0.29, 0.717) is 5.76 Å². The van der Waals surface area contributed by atoms with E-state index in [1.165, 1.54) is 0 Å². The predicted octanol–water partition coefficient (Wildman–Crippen LogP) is 1.73. The van der Waals surface area contributed by atoms with Crippen molar-refractivity contribution >= 4 is 5.97 Å². The topological polar surface area (TPSA) is 98.2 Å². The normalized spacial score (nSPS) is 18.0. The number of carbonyl (C=O) groups is 1. The fraction of sp³-hybridized carbons (Fsp3) is 0.267. The van der Waals surface area contributed by atoms with Gasteiger partial charge in [-0.2, -0.15) is 5.26 Å². The van der Waals surface area contributed by atoms with Crippen molar-refractivity contribution in [3.63, 3.8) is 0 Å². The van der Waals surface area contributed by atoms with Crippen LogP contribution in [0.2, 0.25) is 0 Å². The molecule has 0 amide bonds. The first-order valence-corrected chi connectivity index (χ1v) is 6.45. The summed E-state index contributed by atoms with van der Waals surface area (Å²) < 4.78 is 10.4. The molecular formula is C15H15N3O3. The lowest BCUT2D eigenvalue weighted by molar-refractivity contribution is -0.139. The van der Waals surface area contributed by atoms with Crippen molar-refractivity contribution in [1.82, 2.24) is 4.98 Å². The number of esters is 1. The molecule has 0 aromatic carbocycles. The van der Waals surface area contributed by atoms with Crippen LogP contribution in [0.4, 0.5) is 0 Å². The van der Waals surface area contributed by atoms with Gasteiger partial charge < -0.3 is 15.2 Å². The van der Waals surface area contributed by atoms with Gasteiger partial charge in [-0.15, -0.1) is 0 Å². The third-order valence-corrected chi connectivity index (χ3v) is 3.14. The van der Waals surface area contributed by atoms with Crippen LogP contribution in [0.3, 0.4) is 0 Å². The Morgan fingerprint density at radius 3 is 2.76 bits per heavy atom. The Labute approximate surface area is 122 Å². The first-order chi connectivity index (χ1) is 10.1. The summed E-state index contributed by atoms with van der Waals surface area (Å²) in [4.78, 5) is 16.2. The Kier molecular flexibility index (Phi) is 4.24. The number of nitriles is 1. The van der Waals surface area contributed by atoms with Crippen molar-refractivity contribution < 1.29 is 14.3 Å². The first-order valence-electron chi connectivity index (χ1n) is 6.45. The fourth-order valence-electron chi connectivity index (χ4n) is 2.24. The van der Waals surface area contributed by atoms with Crippen LogP contribution in [-0.2, 0) is 14.3 Å². The van der Waals surface area contributed by atoms with Crippen molar-refractivity contribution in [2.24, 2.45) is 5.73 Å². The average Bonchev–Trinajstić information content (AvgIpc) is 2.47. The zero-order valence-electron chi connectivity index (χ0n) is 11.8. The van der Waals surface area contributed by atoms with Gasteiger partial charge in [-0.3, -0.25) is 4.98 Å². The van der Waals surface area contributed by atoms with E-state index < -0.39 is 11.9 Å². The molecule has 2 rings (SSSR count). The number of hydrogen-bond donors (Lipinski definition) is 1. The predicted molar refractivity (Wildman–Crippen MR) is 74.2 cm³/mol. The van der Waals surface area contributed by atoms with Gasteiger partial charge in [-0.1, -0.05) is 0 Å². The lowest BCUT2D eigenvalue weighted by Crippen LogP contribution is -2.25. The van der Waals surface area contributed by atoms with Crippen LogP contribution >= 0.6 is 0 Å². The molecule has 0 saturated heterocycles. The highest BCUT2D eigenvalue weighted by Gasteiger charge is 2.36. The van der Waals surface area contributed by atoms with Crippen LogP contribution in [0.15, 0.2) is 47.3 Å². The molecule has 0 spiro atoms. The maximum Gasteiger partial charge on any atom is 0.338 e. The van der Waals surface area contributed by atoms with Gasteiger partial charge in [0.25, 0.3) is 0 Å². The zero-order chi connectivity index (χ0) is 15.4. The molecule has 108 valence electrons. The summed E-state index contributed by atoms with van der Waals surface area (Å²) in [5.74, 6) is -0.778. The lowest BCUT2D eigenvalue weighted by atomic mass is 9.83. The minimum absolute atomic E-state index is 0.00450. The Bertz CT molecular complexity index is 656. The van der Waals surface area contributed by atoms with Crippen molar-refractivity contribution in [2.45, 2.75) is 19.8 Å². The highest BCUT2D eigenvalue weighted by molar-refractivity contribution is 5.92. The molecule has 1 aliphatic rings. The molecule has 2 N–H and O–H groups in total. The summed E-state index contributed by atoms with van der Waals surface area (Å²) in [5.41, 5.74) is 6.98. The molecule has 0 unspecified atom stereocenters. The monoisotopic (exact) mass is 285 g/mol. The summed E-state index contributed by atoms with van der Waals surface area (Å²) >= 11 is 0. The molecule has 1 aliphatic heterocycles. The standard InChI is InChI=1S/C15H15N3O3/c1-3-20-15(19)12-9(2)21-14(17)11(8-16)13(12)10-4-6-18-7-5-10/h4-7,13H,3,17H2,1-2H3/t13-/m0/s1. The van der Waals surface area contributed by atoms with Crippen LogP contribution in [0, 0.1) is 11.3 Å². The second-order valence-electron chi connectivity index (χ2n) is 4.40. The van der Waals surface area contributed by atoms with Crippen LogP contribution in [0.5, 0.6) is 0 Å². The van der Waals surface area contributed by atoms with E-state index in [-0.39, 0.29) is 23.6 Å². The molecule has 6 nitrogen and oxygen atoms in total. The molecule has 0 aliphatic carbocycles. The Morgan fingerprint density at radius 1 is 1.52 bits per heavy atom. The van der Waals surface area contributed by atoms with E-state index >= 15 is 0 Å². The van der Waals surface area contributed by atoms with E-state index in [9.17, 15) is 10.1 Å². The Morgan fingerprint density at radius 2 is 2.19 bits per heavy atom. The summed E-state index contributed by atoms with van der Waals surface area (Å²) in [6, 6.07) is 5.48. The average molecular weight is 285 g/mol. The maximum absolute atomic E-state index is 12.2. The number of rotatable bonds is 3. The number of aromatic nitrogens is 1. The number of nitrogens with zero attached hydrogens (tertiary/aromatic N) is 2. The SMILES string of the molecule is CCOC(=O)C1=C(C)OC(N)=C(C#N)[C@@H]1c1ccncc1. The first kappa shape index (κ1) is 14.6. The molecule has 1 aromatic heterocycles. The quantitative estimate of drug-likeness (QED) is 0.849. The summed E-state index contributed by atoms with van der Waals surface area (Å²) in [7, 11) is 0. The molecule has 6 heteroatoms. The number of allylic oxidation sites excluding steroid dienone is 2. The van der Waals surface area contributed by atoms with Gasteiger partial charge in [0.05, 0.1) is 18.1 Å². The zero-order valence-corrected chi connectivity index (χ0v) is 11.8. The summed E-state index contributed by atoms with van der Waals surface area (Å²) in [5, 5.41) is 9.35. The van der Waals surface area contributed by atoms with Crippen molar-refractivity contribution in [1.29, 1.82) is 5.26 Å². The molecule has 21 heavy (non-hydrogen) atoms. The third kappa shape index (κ3) is 2.72. The van der Waals surface area contributed by atoms with Crippen molar-refractivity contribution in [3.05, 3.63) is 52.9 Å². The number of pyridine rings is 1. The van der Waals surface area contributed by atoms with Gasteiger partial charge in [0.15, 0.2) is 0 Å². The van der Waals surface area contributed by atoms with E-state index in [2.05, 4.69) is 4.98 Å². The molecule has 1 atom stereocenters. The minimum atomic E-state index is -0.606. The van der Waals surface area contributed by atoms with Gasteiger partial charge in [0.2, 0.25) is 5.88 Å². The summed E-state index contributed by atoms with van der Waals surface area (Å²) in [6.07, 6.45) is 3.18. The Hall–Kier alpha value is -2.81. The van der Waals surface area contributed by atoms with Crippen LogP contribution in [-0.4, -0.2) is 17.6 Å². The second-order valence-corrected chi connectivity index (χ2v) is 4.40.